The van der Waals surface area contributed by atoms with Gasteiger partial charge in [0, 0.05) is 16.1 Å². The SMILES string of the molecule is NC1C=C(c2ccc(Br)c(Cl)c2F)CCCC1. The molecule has 0 aliphatic heterocycles. The minimum atomic E-state index is -0.360. The first-order valence-electron chi connectivity index (χ1n) is 5.69. The van der Waals surface area contributed by atoms with Crippen LogP contribution in [-0.4, -0.2) is 6.04 Å². The van der Waals surface area contributed by atoms with Crippen LogP contribution in [0.25, 0.3) is 5.57 Å². The molecule has 0 spiro atoms. The second-order valence-corrected chi connectivity index (χ2v) is 5.56. The molecular weight excluding hydrogens is 305 g/mol. The van der Waals surface area contributed by atoms with Gasteiger partial charge in [0.2, 0.25) is 0 Å². The highest BCUT2D eigenvalue weighted by molar-refractivity contribution is 9.10. The van der Waals surface area contributed by atoms with Gasteiger partial charge < -0.3 is 5.73 Å². The van der Waals surface area contributed by atoms with Gasteiger partial charge in [0.25, 0.3) is 0 Å². The van der Waals surface area contributed by atoms with Crippen molar-refractivity contribution in [2.45, 2.75) is 31.7 Å². The van der Waals surface area contributed by atoms with Crippen LogP contribution in [-0.2, 0) is 0 Å². The summed E-state index contributed by atoms with van der Waals surface area (Å²) in [6, 6.07) is 3.56. The van der Waals surface area contributed by atoms with Crippen LogP contribution >= 0.6 is 27.5 Å². The second kappa shape index (κ2) is 5.51. The van der Waals surface area contributed by atoms with Crippen molar-refractivity contribution >= 4 is 33.1 Å². The van der Waals surface area contributed by atoms with E-state index in [9.17, 15) is 4.39 Å². The molecule has 1 aromatic carbocycles. The molecule has 0 aromatic heterocycles. The molecule has 92 valence electrons. The number of hydrogen-bond donors (Lipinski definition) is 1. The molecule has 4 heteroatoms. The Morgan fingerprint density at radius 2 is 2.12 bits per heavy atom. The number of hydrogen-bond acceptors (Lipinski definition) is 1. The summed E-state index contributed by atoms with van der Waals surface area (Å²) in [6.07, 6.45) is 5.94. The number of allylic oxidation sites excluding steroid dienone is 1. The minimum absolute atomic E-state index is 0.0225. The predicted octanol–water partition coefficient (Wildman–Crippen LogP) is 4.53. The van der Waals surface area contributed by atoms with E-state index < -0.39 is 0 Å². The standard InChI is InChI=1S/C13H14BrClFN/c14-11-6-5-10(13(16)12(11)15)8-3-1-2-4-9(17)7-8/h5-7,9H,1-4,17H2. The quantitative estimate of drug-likeness (QED) is 0.757. The fourth-order valence-corrected chi connectivity index (χ4v) is 2.59. The monoisotopic (exact) mass is 317 g/mol. The molecule has 1 aromatic rings. The van der Waals surface area contributed by atoms with Crippen molar-refractivity contribution in [1.82, 2.24) is 0 Å². The third-order valence-corrected chi connectivity index (χ3v) is 4.29. The van der Waals surface area contributed by atoms with Crippen LogP contribution in [0.15, 0.2) is 22.7 Å². The summed E-state index contributed by atoms with van der Waals surface area (Å²) in [5.41, 5.74) is 7.49. The molecule has 0 amide bonds. The van der Waals surface area contributed by atoms with Crippen molar-refractivity contribution in [3.63, 3.8) is 0 Å². The lowest BCUT2D eigenvalue weighted by Gasteiger charge is -2.10. The van der Waals surface area contributed by atoms with E-state index in [0.717, 1.165) is 31.3 Å². The molecule has 2 N–H and O–H groups in total. The van der Waals surface area contributed by atoms with E-state index in [-0.39, 0.29) is 16.9 Å². The highest BCUT2D eigenvalue weighted by Crippen LogP contribution is 2.34. The molecule has 1 aliphatic carbocycles. The van der Waals surface area contributed by atoms with Crippen molar-refractivity contribution in [2.75, 3.05) is 0 Å². The number of rotatable bonds is 1. The average Bonchev–Trinajstić information content (AvgIpc) is 2.51. The maximum Gasteiger partial charge on any atom is 0.150 e. The Labute approximate surface area is 114 Å². The third kappa shape index (κ3) is 2.90. The zero-order valence-corrected chi connectivity index (χ0v) is 11.7. The smallest absolute Gasteiger partial charge is 0.150 e. The molecule has 0 radical (unpaired) electrons. The van der Waals surface area contributed by atoms with E-state index >= 15 is 0 Å². The summed E-state index contributed by atoms with van der Waals surface area (Å²) >= 11 is 9.11. The van der Waals surface area contributed by atoms with E-state index in [1.54, 1.807) is 12.1 Å². The van der Waals surface area contributed by atoms with Crippen LogP contribution in [0, 0.1) is 5.82 Å². The Hall–Kier alpha value is -0.380. The second-order valence-electron chi connectivity index (χ2n) is 4.32. The molecule has 1 aliphatic rings. The Morgan fingerprint density at radius 1 is 1.35 bits per heavy atom. The molecule has 1 atom stereocenters. The van der Waals surface area contributed by atoms with E-state index in [1.165, 1.54) is 0 Å². The van der Waals surface area contributed by atoms with Crippen molar-refractivity contribution in [3.05, 3.63) is 39.1 Å². The minimum Gasteiger partial charge on any atom is -0.324 e. The summed E-state index contributed by atoms with van der Waals surface area (Å²) in [5, 5.41) is 0.140. The highest BCUT2D eigenvalue weighted by Gasteiger charge is 2.16. The lowest BCUT2D eigenvalue weighted by Crippen LogP contribution is -2.15. The fraction of sp³-hybridized carbons (Fsp3) is 0.385. The predicted molar refractivity (Wildman–Crippen MR) is 73.5 cm³/mol. The average molecular weight is 319 g/mol. The van der Waals surface area contributed by atoms with Crippen LogP contribution in [0.2, 0.25) is 5.02 Å². The summed E-state index contributed by atoms with van der Waals surface area (Å²) in [4.78, 5) is 0. The Balaban J connectivity index is 2.42. The number of benzene rings is 1. The van der Waals surface area contributed by atoms with Gasteiger partial charge in [-0.25, -0.2) is 4.39 Å². The maximum absolute atomic E-state index is 14.1. The van der Waals surface area contributed by atoms with Crippen molar-refractivity contribution in [1.29, 1.82) is 0 Å². The fourth-order valence-electron chi connectivity index (χ4n) is 2.12. The molecule has 0 saturated carbocycles. The lowest BCUT2D eigenvalue weighted by atomic mass is 10.0. The molecule has 0 saturated heterocycles. The Kier molecular flexibility index (Phi) is 4.23. The Bertz CT molecular complexity index is 459. The van der Waals surface area contributed by atoms with E-state index in [4.69, 9.17) is 17.3 Å². The topological polar surface area (TPSA) is 26.0 Å². The summed E-state index contributed by atoms with van der Waals surface area (Å²) in [6.45, 7) is 0. The molecule has 2 rings (SSSR count). The summed E-state index contributed by atoms with van der Waals surface area (Å²) < 4.78 is 14.6. The first kappa shape index (κ1) is 13.1. The zero-order chi connectivity index (χ0) is 12.4. The zero-order valence-electron chi connectivity index (χ0n) is 9.35. The van der Waals surface area contributed by atoms with Crippen molar-refractivity contribution in [3.8, 4) is 0 Å². The van der Waals surface area contributed by atoms with Crippen LogP contribution in [0.3, 0.4) is 0 Å². The largest absolute Gasteiger partial charge is 0.324 e. The van der Waals surface area contributed by atoms with Gasteiger partial charge in [0.05, 0.1) is 5.02 Å². The Morgan fingerprint density at radius 3 is 2.88 bits per heavy atom. The van der Waals surface area contributed by atoms with Gasteiger partial charge >= 0.3 is 0 Å². The number of nitrogens with two attached hydrogens (primary N) is 1. The normalized spacial score (nSPS) is 20.9. The summed E-state index contributed by atoms with van der Waals surface area (Å²) in [7, 11) is 0. The van der Waals surface area contributed by atoms with Crippen LogP contribution in [0.1, 0.15) is 31.2 Å². The van der Waals surface area contributed by atoms with E-state index in [2.05, 4.69) is 15.9 Å². The molecule has 0 fully saturated rings. The molecule has 0 bridgehead atoms. The van der Waals surface area contributed by atoms with Gasteiger partial charge in [0.15, 0.2) is 0 Å². The van der Waals surface area contributed by atoms with Gasteiger partial charge in [-0.3, -0.25) is 0 Å². The van der Waals surface area contributed by atoms with Crippen LogP contribution in [0.5, 0.6) is 0 Å². The first-order valence-corrected chi connectivity index (χ1v) is 6.87. The summed E-state index contributed by atoms with van der Waals surface area (Å²) in [5.74, 6) is -0.360. The van der Waals surface area contributed by atoms with Crippen LogP contribution < -0.4 is 5.73 Å². The molecule has 17 heavy (non-hydrogen) atoms. The van der Waals surface area contributed by atoms with E-state index in [1.807, 2.05) is 6.08 Å². The molecule has 0 heterocycles. The molecule has 1 nitrogen and oxygen atoms in total. The maximum atomic E-state index is 14.1. The van der Waals surface area contributed by atoms with Crippen LogP contribution in [0.4, 0.5) is 4.39 Å². The van der Waals surface area contributed by atoms with Crippen molar-refractivity contribution in [2.24, 2.45) is 5.73 Å². The highest BCUT2D eigenvalue weighted by atomic mass is 79.9. The van der Waals surface area contributed by atoms with Gasteiger partial charge in [-0.05, 0) is 46.8 Å². The molecule has 1 unspecified atom stereocenters. The van der Waals surface area contributed by atoms with Gasteiger partial charge in [-0.2, -0.15) is 0 Å². The molecular formula is C13H14BrClFN. The first-order chi connectivity index (χ1) is 8.09. The lowest BCUT2D eigenvalue weighted by molar-refractivity contribution is 0.622. The number of halogens is 3. The van der Waals surface area contributed by atoms with Gasteiger partial charge in [-0.1, -0.05) is 30.2 Å². The van der Waals surface area contributed by atoms with Crippen molar-refractivity contribution < 1.29 is 4.39 Å². The third-order valence-electron chi connectivity index (χ3n) is 3.03. The van der Waals surface area contributed by atoms with Gasteiger partial charge in [0.1, 0.15) is 5.82 Å². The van der Waals surface area contributed by atoms with E-state index in [0.29, 0.717) is 10.0 Å². The van der Waals surface area contributed by atoms with Gasteiger partial charge in [-0.15, -0.1) is 0 Å².